The minimum absolute atomic E-state index is 0.277. The Hall–Kier alpha value is -1.81. The van der Waals surface area contributed by atoms with Crippen LogP contribution < -0.4 is 5.32 Å². The summed E-state index contributed by atoms with van der Waals surface area (Å²) in [7, 11) is -3.63. The molecule has 1 N–H and O–H groups in total. The molecule has 0 spiro atoms. The number of thiophene rings is 1. The number of hydrogen-bond donors (Lipinski definition) is 1. The van der Waals surface area contributed by atoms with Crippen molar-refractivity contribution < 1.29 is 13.2 Å². The molecule has 136 valence electrons. The van der Waals surface area contributed by atoms with E-state index in [1.165, 1.54) is 15.6 Å². The normalized spacial score (nSPS) is 18.4. The molecule has 1 saturated heterocycles. The number of rotatable bonds is 4. The van der Waals surface area contributed by atoms with Crippen LogP contribution in [0.15, 0.2) is 39.9 Å². The number of anilines is 1. The summed E-state index contributed by atoms with van der Waals surface area (Å²) in [4.78, 5) is 17.2. The fraction of sp³-hybridized carbons (Fsp3) is 0.294. The highest BCUT2D eigenvalue weighted by Crippen LogP contribution is 2.30. The molecule has 1 amide bonds. The van der Waals surface area contributed by atoms with Crippen LogP contribution in [0.25, 0.3) is 10.2 Å². The number of carbonyl (C=O) groups excluding carboxylic acids is 1. The van der Waals surface area contributed by atoms with Crippen molar-refractivity contribution in [3.8, 4) is 0 Å². The van der Waals surface area contributed by atoms with Crippen molar-refractivity contribution >= 4 is 54.5 Å². The summed E-state index contributed by atoms with van der Waals surface area (Å²) < 4.78 is 28.2. The van der Waals surface area contributed by atoms with E-state index >= 15 is 0 Å². The monoisotopic (exact) mass is 407 g/mol. The zero-order valence-electron chi connectivity index (χ0n) is 14.0. The molecule has 26 heavy (non-hydrogen) atoms. The number of fused-ring (bicyclic) bond motifs is 1. The first-order chi connectivity index (χ1) is 12.4. The molecule has 0 bridgehead atoms. The van der Waals surface area contributed by atoms with Gasteiger partial charge in [0, 0.05) is 12.2 Å². The van der Waals surface area contributed by atoms with Gasteiger partial charge in [-0.25, -0.2) is 13.4 Å². The van der Waals surface area contributed by atoms with Crippen molar-refractivity contribution in [2.75, 3.05) is 11.9 Å². The third kappa shape index (κ3) is 3.16. The predicted octanol–water partition coefficient (Wildman–Crippen LogP) is 3.46. The van der Waals surface area contributed by atoms with Crippen molar-refractivity contribution in [2.24, 2.45) is 0 Å². The number of nitrogens with zero attached hydrogens (tertiary/aromatic N) is 2. The fourth-order valence-electron chi connectivity index (χ4n) is 3.16. The van der Waals surface area contributed by atoms with Gasteiger partial charge in [-0.05, 0) is 49.4 Å². The molecule has 9 heteroatoms. The summed E-state index contributed by atoms with van der Waals surface area (Å²) >= 11 is 2.73. The van der Waals surface area contributed by atoms with Gasteiger partial charge in [-0.2, -0.15) is 4.31 Å². The van der Waals surface area contributed by atoms with E-state index in [9.17, 15) is 13.2 Å². The van der Waals surface area contributed by atoms with Crippen LogP contribution in [0.4, 0.5) is 5.69 Å². The van der Waals surface area contributed by atoms with E-state index < -0.39 is 16.1 Å². The van der Waals surface area contributed by atoms with E-state index in [0.29, 0.717) is 25.1 Å². The quantitative estimate of drug-likeness (QED) is 0.718. The van der Waals surface area contributed by atoms with Crippen LogP contribution in [0.3, 0.4) is 0 Å². The SMILES string of the molecule is Cc1nc2ccc(NC(=O)[C@@H]3CCCN3S(=O)(=O)c3cccs3)cc2s1. The van der Waals surface area contributed by atoms with Gasteiger partial charge in [-0.3, -0.25) is 4.79 Å². The van der Waals surface area contributed by atoms with Gasteiger partial charge in [0.2, 0.25) is 5.91 Å². The number of amides is 1. The molecule has 1 fully saturated rings. The van der Waals surface area contributed by atoms with Gasteiger partial charge in [0.15, 0.2) is 0 Å². The highest BCUT2D eigenvalue weighted by atomic mass is 32.2. The first-order valence-corrected chi connectivity index (χ1v) is 11.3. The zero-order valence-corrected chi connectivity index (χ0v) is 16.5. The van der Waals surface area contributed by atoms with Crippen molar-refractivity contribution in [2.45, 2.75) is 30.0 Å². The van der Waals surface area contributed by atoms with Gasteiger partial charge in [-0.15, -0.1) is 22.7 Å². The van der Waals surface area contributed by atoms with Gasteiger partial charge in [-0.1, -0.05) is 6.07 Å². The number of aryl methyl sites for hydroxylation is 1. The lowest BCUT2D eigenvalue weighted by molar-refractivity contribution is -0.119. The van der Waals surface area contributed by atoms with Gasteiger partial charge in [0.05, 0.1) is 15.2 Å². The summed E-state index contributed by atoms with van der Waals surface area (Å²) in [6.07, 6.45) is 1.20. The maximum Gasteiger partial charge on any atom is 0.253 e. The predicted molar refractivity (Wildman–Crippen MR) is 104 cm³/mol. The molecule has 6 nitrogen and oxygen atoms in total. The molecule has 1 aromatic carbocycles. The maximum atomic E-state index is 12.8. The van der Waals surface area contributed by atoms with Crippen LogP contribution >= 0.6 is 22.7 Å². The van der Waals surface area contributed by atoms with Gasteiger partial charge in [0.1, 0.15) is 10.3 Å². The molecule has 0 radical (unpaired) electrons. The topological polar surface area (TPSA) is 79.4 Å². The minimum atomic E-state index is -3.63. The van der Waals surface area contributed by atoms with Crippen LogP contribution in [0, 0.1) is 6.92 Å². The third-order valence-electron chi connectivity index (χ3n) is 4.33. The third-order valence-corrected chi connectivity index (χ3v) is 8.54. The number of nitrogens with one attached hydrogen (secondary N) is 1. The number of sulfonamides is 1. The van der Waals surface area contributed by atoms with E-state index in [4.69, 9.17) is 0 Å². The molecule has 4 rings (SSSR count). The van der Waals surface area contributed by atoms with E-state index in [2.05, 4.69) is 10.3 Å². The lowest BCUT2D eigenvalue weighted by atomic mass is 10.2. The molecule has 0 saturated carbocycles. The van der Waals surface area contributed by atoms with Crippen molar-refractivity contribution in [1.29, 1.82) is 0 Å². The van der Waals surface area contributed by atoms with E-state index in [0.717, 1.165) is 15.2 Å². The number of hydrogen-bond acceptors (Lipinski definition) is 6. The van der Waals surface area contributed by atoms with Gasteiger partial charge < -0.3 is 5.32 Å². The average molecular weight is 408 g/mol. The number of carbonyl (C=O) groups is 1. The molecule has 1 aliphatic heterocycles. The molecule has 0 aliphatic carbocycles. The maximum absolute atomic E-state index is 12.8. The summed E-state index contributed by atoms with van der Waals surface area (Å²) in [6, 6.07) is 8.14. The first kappa shape index (κ1) is 17.6. The highest BCUT2D eigenvalue weighted by Gasteiger charge is 2.39. The Labute approximate surface area is 159 Å². The Balaban J connectivity index is 1.56. The van der Waals surface area contributed by atoms with Crippen molar-refractivity contribution in [3.63, 3.8) is 0 Å². The van der Waals surface area contributed by atoms with E-state index in [1.807, 2.05) is 19.1 Å². The minimum Gasteiger partial charge on any atom is -0.325 e. The molecule has 1 atom stereocenters. The number of benzene rings is 1. The zero-order chi connectivity index (χ0) is 18.3. The summed E-state index contributed by atoms with van der Waals surface area (Å²) in [5, 5.41) is 5.56. The van der Waals surface area contributed by atoms with E-state index in [1.54, 1.807) is 34.9 Å². The smallest absolute Gasteiger partial charge is 0.253 e. The summed E-state index contributed by atoms with van der Waals surface area (Å²) in [5.41, 5.74) is 1.56. The second kappa shape index (κ2) is 6.73. The summed E-state index contributed by atoms with van der Waals surface area (Å²) in [6.45, 7) is 2.31. The lowest BCUT2D eigenvalue weighted by Crippen LogP contribution is -2.42. The molecule has 1 aliphatic rings. The second-order valence-corrected chi connectivity index (χ2v) is 10.4. The van der Waals surface area contributed by atoms with Gasteiger partial charge in [0.25, 0.3) is 10.0 Å². The van der Waals surface area contributed by atoms with Crippen molar-refractivity contribution in [1.82, 2.24) is 9.29 Å². The molecule has 0 unspecified atom stereocenters. The Morgan fingerprint density at radius 2 is 2.19 bits per heavy atom. The fourth-order valence-corrected chi connectivity index (χ4v) is 6.80. The standard InChI is InChI=1S/C17H17N3O3S3/c1-11-18-13-7-6-12(10-15(13)25-11)19-17(21)14-4-2-8-20(14)26(22,23)16-5-3-9-24-16/h3,5-7,9-10,14H,2,4,8H2,1H3,(H,19,21)/t14-/m0/s1. The van der Waals surface area contributed by atoms with Gasteiger partial charge >= 0.3 is 0 Å². The highest BCUT2D eigenvalue weighted by molar-refractivity contribution is 7.91. The molecular formula is C17H17N3O3S3. The lowest BCUT2D eigenvalue weighted by Gasteiger charge is -2.22. The number of aromatic nitrogens is 1. The molecule has 3 aromatic rings. The van der Waals surface area contributed by atoms with Crippen LogP contribution in [-0.2, 0) is 14.8 Å². The molecule has 2 aromatic heterocycles. The largest absolute Gasteiger partial charge is 0.325 e. The van der Waals surface area contributed by atoms with Crippen LogP contribution in [0.2, 0.25) is 0 Å². The molecule has 3 heterocycles. The Kier molecular flexibility index (Phi) is 4.55. The van der Waals surface area contributed by atoms with Crippen LogP contribution in [-0.4, -0.2) is 36.2 Å². The van der Waals surface area contributed by atoms with E-state index in [-0.39, 0.29) is 10.1 Å². The average Bonchev–Trinajstić information content (AvgIpc) is 3.34. The first-order valence-electron chi connectivity index (χ1n) is 8.18. The Morgan fingerprint density at radius 1 is 1.35 bits per heavy atom. The Morgan fingerprint density at radius 3 is 2.96 bits per heavy atom. The van der Waals surface area contributed by atoms with Crippen molar-refractivity contribution in [3.05, 3.63) is 40.7 Å². The van der Waals surface area contributed by atoms with Crippen LogP contribution in [0.1, 0.15) is 17.8 Å². The number of thiazole rings is 1. The summed E-state index contributed by atoms with van der Waals surface area (Å²) in [5.74, 6) is -0.289. The Bertz CT molecular complexity index is 1060. The molecular weight excluding hydrogens is 390 g/mol. The van der Waals surface area contributed by atoms with Crippen LogP contribution in [0.5, 0.6) is 0 Å². The second-order valence-electron chi connectivity index (χ2n) is 6.11.